The second kappa shape index (κ2) is 6.76. The second-order valence-corrected chi connectivity index (χ2v) is 4.92. The number of amides is 1. The average molecular weight is 267 g/mol. The molecule has 1 aromatic carbocycles. The summed E-state index contributed by atoms with van der Waals surface area (Å²) >= 11 is 5.76. The Morgan fingerprint density at radius 1 is 1.11 bits per heavy atom. The average Bonchev–Trinajstić information content (AvgIpc) is 2.65. The number of nitrogens with zero attached hydrogens (tertiary/aromatic N) is 2. The second-order valence-electron chi connectivity index (χ2n) is 4.54. The van der Waals surface area contributed by atoms with Gasteiger partial charge in [-0.2, -0.15) is 0 Å². The lowest BCUT2D eigenvalue weighted by molar-refractivity contribution is 0.0762. The Morgan fingerprint density at radius 3 is 2.61 bits per heavy atom. The molecule has 0 N–H and O–H groups in total. The molecule has 1 aromatic rings. The van der Waals surface area contributed by atoms with Gasteiger partial charge in [0.1, 0.15) is 0 Å². The molecule has 1 amide bonds. The third-order valence-corrected chi connectivity index (χ3v) is 3.47. The molecular formula is C14H19ClN2O. The molecule has 0 unspecified atom stereocenters. The fourth-order valence-corrected chi connectivity index (χ4v) is 2.52. The molecule has 0 radical (unpaired) electrons. The zero-order valence-electron chi connectivity index (χ0n) is 10.5. The van der Waals surface area contributed by atoms with Crippen molar-refractivity contribution in [1.82, 2.24) is 9.80 Å². The number of rotatable bonds is 3. The van der Waals surface area contributed by atoms with E-state index in [1.54, 1.807) is 0 Å². The van der Waals surface area contributed by atoms with E-state index in [1.165, 1.54) is 0 Å². The van der Waals surface area contributed by atoms with Crippen LogP contribution in [0, 0.1) is 0 Å². The summed E-state index contributed by atoms with van der Waals surface area (Å²) in [6.45, 7) is 4.50. The largest absolute Gasteiger partial charge is 0.337 e. The quantitative estimate of drug-likeness (QED) is 0.782. The van der Waals surface area contributed by atoms with E-state index in [0.717, 1.165) is 44.7 Å². The fraction of sp³-hybridized carbons (Fsp3) is 0.500. The van der Waals surface area contributed by atoms with Crippen molar-refractivity contribution in [3.05, 3.63) is 35.9 Å². The molecule has 98 valence electrons. The van der Waals surface area contributed by atoms with Gasteiger partial charge in [-0.1, -0.05) is 18.2 Å². The van der Waals surface area contributed by atoms with Crippen LogP contribution in [0.1, 0.15) is 16.8 Å². The van der Waals surface area contributed by atoms with E-state index in [2.05, 4.69) is 4.90 Å². The van der Waals surface area contributed by atoms with Crippen LogP contribution in [0.4, 0.5) is 0 Å². The van der Waals surface area contributed by atoms with Gasteiger partial charge in [0.05, 0.1) is 0 Å². The van der Waals surface area contributed by atoms with Crippen LogP contribution in [-0.2, 0) is 0 Å². The minimum Gasteiger partial charge on any atom is -0.337 e. The first-order valence-electron chi connectivity index (χ1n) is 6.44. The molecule has 0 saturated carbocycles. The monoisotopic (exact) mass is 266 g/mol. The van der Waals surface area contributed by atoms with Crippen molar-refractivity contribution in [2.24, 2.45) is 0 Å². The number of hydrogen-bond donors (Lipinski definition) is 0. The van der Waals surface area contributed by atoms with Crippen molar-refractivity contribution in [3.63, 3.8) is 0 Å². The van der Waals surface area contributed by atoms with Gasteiger partial charge >= 0.3 is 0 Å². The summed E-state index contributed by atoms with van der Waals surface area (Å²) in [6.07, 6.45) is 1.02. The van der Waals surface area contributed by atoms with Gasteiger partial charge < -0.3 is 9.80 Å². The Balaban J connectivity index is 1.96. The van der Waals surface area contributed by atoms with Crippen LogP contribution in [0.15, 0.2) is 30.3 Å². The molecule has 1 aliphatic rings. The standard InChI is InChI=1S/C14H19ClN2O/c15-7-10-16-8-4-9-17(12-11-16)14(18)13-5-2-1-3-6-13/h1-3,5-6H,4,7-12H2. The molecule has 18 heavy (non-hydrogen) atoms. The van der Waals surface area contributed by atoms with Gasteiger partial charge in [0, 0.05) is 37.6 Å². The van der Waals surface area contributed by atoms with E-state index < -0.39 is 0 Å². The van der Waals surface area contributed by atoms with Gasteiger partial charge in [-0.15, -0.1) is 11.6 Å². The fourth-order valence-electron chi connectivity index (χ4n) is 2.28. The topological polar surface area (TPSA) is 23.6 Å². The van der Waals surface area contributed by atoms with Crippen LogP contribution in [0.3, 0.4) is 0 Å². The van der Waals surface area contributed by atoms with E-state index in [-0.39, 0.29) is 5.91 Å². The maximum absolute atomic E-state index is 12.3. The Bertz CT molecular complexity index is 383. The van der Waals surface area contributed by atoms with Gasteiger partial charge in [-0.3, -0.25) is 4.79 Å². The summed E-state index contributed by atoms with van der Waals surface area (Å²) in [7, 11) is 0. The molecule has 0 aromatic heterocycles. The molecule has 0 spiro atoms. The number of carbonyl (C=O) groups is 1. The van der Waals surface area contributed by atoms with Crippen LogP contribution in [-0.4, -0.2) is 54.3 Å². The lowest BCUT2D eigenvalue weighted by Gasteiger charge is -2.21. The summed E-state index contributed by atoms with van der Waals surface area (Å²) in [5.74, 6) is 0.801. The first kappa shape index (κ1) is 13.4. The molecule has 0 bridgehead atoms. The van der Waals surface area contributed by atoms with E-state index in [1.807, 2.05) is 35.2 Å². The molecule has 0 aliphatic carbocycles. The van der Waals surface area contributed by atoms with Crippen LogP contribution < -0.4 is 0 Å². The van der Waals surface area contributed by atoms with Gasteiger partial charge in [-0.25, -0.2) is 0 Å². The van der Waals surface area contributed by atoms with Crippen LogP contribution in [0.5, 0.6) is 0 Å². The lowest BCUT2D eigenvalue weighted by Crippen LogP contribution is -2.35. The normalized spacial score (nSPS) is 17.5. The van der Waals surface area contributed by atoms with E-state index in [4.69, 9.17) is 11.6 Å². The van der Waals surface area contributed by atoms with Crippen molar-refractivity contribution in [2.75, 3.05) is 38.6 Å². The molecule has 0 atom stereocenters. The number of hydrogen-bond acceptors (Lipinski definition) is 2. The van der Waals surface area contributed by atoms with E-state index in [0.29, 0.717) is 5.88 Å². The highest BCUT2D eigenvalue weighted by molar-refractivity contribution is 6.18. The van der Waals surface area contributed by atoms with Crippen molar-refractivity contribution in [2.45, 2.75) is 6.42 Å². The Hall–Kier alpha value is -1.06. The van der Waals surface area contributed by atoms with Crippen molar-refractivity contribution in [1.29, 1.82) is 0 Å². The number of alkyl halides is 1. The predicted octanol–water partition coefficient (Wildman–Crippen LogP) is 2.07. The molecule has 3 nitrogen and oxygen atoms in total. The van der Waals surface area contributed by atoms with Gasteiger partial charge in [0.15, 0.2) is 0 Å². The third-order valence-electron chi connectivity index (χ3n) is 3.30. The summed E-state index contributed by atoms with van der Waals surface area (Å²) in [6, 6.07) is 9.50. The highest BCUT2D eigenvalue weighted by atomic mass is 35.5. The Kier molecular flexibility index (Phi) is 5.02. The van der Waals surface area contributed by atoms with Crippen LogP contribution >= 0.6 is 11.6 Å². The minimum absolute atomic E-state index is 0.142. The Labute approximate surface area is 113 Å². The summed E-state index contributed by atoms with van der Waals surface area (Å²) in [5, 5.41) is 0. The lowest BCUT2D eigenvalue weighted by atomic mass is 10.2. The van der Waals surface area contributed by atoms with Crippen molar-refractivity contribution in [3.8, 4) is 0 Å². The van der Waals surface area contributed by atoms with Gasteiger partial charge in [0.25, 0.3) is 5.91 Å². The van der Waals surface area contributed by atoms with Crippen molar-refractivity contribution < 1.29 is 4.79 Å². The maximum atomic E-state index is 12.3. The smallest absolute Gasteiger partial charge is 0.253 e. The predicted molar refractivity (Wildman–Crippen MR) is 74.1 cm³/mol. The number of halogens is 1. The molecule has 1 aliphatic heterocycles. The zero-order chi connectivity index (χ0) is 12.8. The highest BCUT2D eigenvalue weighted by Gasteiger charge is 2.19. The summed E-state index contributed by atoms with van der Waals surface area (Å²) in [5.41, 5.74) is 0.781. The van der Waals surface area contributed by atoms with Crippen LogP contribution in [0.2, 0.25) is 0 Å². The van der Waals surface area contributed by atoms with Crippen LogP contribution in [0.25, 0.3) is 0 Å². The highest BCUT2D eigenvalue weighted by Crippen LogP contribution is 2.09. The molecule has 2 rings (SSSR count). The number of carbonyl (C=O) groups excluding carboxylic acids is 1. The molecule has 1 heterocycles. The minimum atomic E-state index is 0.142. The van der Waals surface area contributed by atoms with Gasteiger partial charge in [-0.05, 0) is 25.1 Å². The summed E-state index contributed by atoms with van der Waals surface area (Å²) < 4.78 is 0. The molecular weight excluding hydrogens is 248 g/mol. The first-order chi connectivity index (χ1) is 8.81. The van der Waals surface area contributed by atoms with E-state index in [9.17, 15) is 4.79 Å². The maximum Gasteiger partial charge on any atom is 0.253 e. The molecule has 4 heteroatoms. The van der Waals surface area contributed by atoms with Crippen molar-refractivity contribution >= 4 is 17.5 Å². The third kappa shape index (κ3) is 3.47. The SMILES string of the molecule is O=C(c1ccccc1)N1CCCN(CCCl)CC1. The van der Waals surface area contributed by atoms with E-state index >= 15 is 0 Å². The number of benzene rings is 1. The first-order valence-corrected chi connectivity index (χ1v) is 6.97. The van der Waals surface area contributed by atoms with Gasteiger partial charge in [0.2, 0.25) is 0 Å². The summed E-state index contributed by atoms with van der Waals surface area (Å²) in [4.78, 5) is 16.6. The molecule has 1 saturated heterocycles. The zero-order valence-corrected chi connectivity index (χ0v) is 11.3. The molecule has 1 fully saturated rings. The Morgan fingerprint density at radius 2 is 1.89 bits per heavy atom.